The molecule has 3 N–H and O–H groups in total. The van der Waals surface area contributed by atoms with Crippen molar-refractivity contribution in [1.29, 1.82) is 0 Å². The monoisotopic (exact) mass is 425 g/mol. The summed E-state index contributed by atoms with van der Waals surface area (Å²) in [5, 5.41) is 5.37. The largest absolute Gasteiger partial charge is 0.355 e. The molecule has 0 aromatic heterocycles. The van der Waals surface area contributed by atoms with Gasteiger partial charge in [0.05, 0.1) is 31.1 Å². The van der Waals surface area contributed by atoms with E-state index in [0.717, 1.165) is 21.6 Å². The second-order valence-corrected chi connectivity index (χ2v) is 9.62. The highest BCUT2D eigenvalue weighted by Gasteiger charge is 2.33. The van der Waals surface area contributed by atoms with Gasteiger partial charge in [-0.3, -0.25) is 9.59 Å². The fourth-order valence-corrected chi connectivity index (χ4v) is 5.69. The molecule has 0 aliphatic carbocycles. The van der Waals surface area contributed by atoms with Gasteiger partial charge >= 0.3 is 0 Å². The summed E-state index contributed by atoms with van der Waals surface area (Å²) in [6, 6.07) is 3.19. The Morgan fingerprint density at radius 1 is 1.14 bits per heavy atom. The average molecular weight is 426 g/mol. The predicted octanol–water partition coefficient (Wildman–Crippen LogP) is -0.858. The number of piperazine rings is 1. The number of sulfonamides is 1. The van der Waals surface area contributed by atoms with E-state index < -0.39 is 16.1 Å². The first-order valence-corrected chi connectivity index (χ1v) is 11.5. The van der Waals surface area contributed by atoms with Gasteiger partial charge in [-0.05, 0) is 45.7 Å². The zero-order valence-corrected chi connectivity index (χ0v) is 18.8. The van der Waals surface area contributed by atoms with Gasteiger partial charge in [0.1, 0.15) is 6.04 Å². The highest BCUT2D eigenvalue weighted by Crippen LogP contribution is 2.25. The third-order valence-electron chi connectivity index (χ3n) is 5.16. The van der Waals surface area contributed by atoms with Gasteiger partial charge in [-0.25, -0.2) is 8.42 Å². The SMILES string of the molecule is CCNC(=O)[C@@H](C)NC(=O)C[NH+]1CCN(S(=O)(=O)c2c(C)cc(C)cc2C)CC1. The first kappa shape index (κ1) is 23.3. The van der Waals surface area contributed by atoms with Gasteiger partial charge in [-0.1, -0.05) is 17.7 Å². The normalized spacial score (nSPS) is 17.0. The van der Waals surface area contributed by atoms with Gasteiger partial charge in [-0.2, -0.15) is 4.31 Å². The van der Waals surface area contributed by atoms with Gasteiger partial charge in [0.15, 0.2) is 6.54 Å². The molecule has 2 rings (SSSR count). The van der Waals surface area contributed by atoms with E-state index in [2.05, 4.69) is 10.6 Å². The summed E-state index contributed by atoms with van der Waals surface area (Å²) in [6.07, 6.45) is 0. The summed E-state index contributed by atoms with van der Waals surface area (Å²) in [7, 11) is -3.56. The van der Waals surface area contributed by atoms with Gasteiger partial charge < -0.3 is 15.5 Å². The predicted molar refractivity (Wildman–Crippen MR) is 111 cm³/mol. The van der Waals surface area contributed by atoms with Crippen LogP contribution in [0.4, 0.5) is 0 Å². The molecule has 1 atom stereocenters. The van der Waals surface area contributed by atoms with E-state index >= 15 is 0 Å². The molecule has 0 bridgehead atoms. The van der Waals surface area contributed by atoms with Crippen molar-refractivity contribution in [3.05, 3.63) is 28.8 Å². The highest BCUT2D eigenvalue weighted by atomic mass is 32.2. The number of nitrogens with zero attached hydrogens (tertiary/aromatic N) is 1. The molecule has 1 aliphatic heterocycles. The van der Waals surface area contributed by atoms with Crippen LogP contribution in [0.1, 0.15) is 30.5 Å². The molecule has 0 spiro atoms. The highest BCUT2D eigenvalue weighted by molar-refractivity contribution is 7.89. The summed E-state index contributed by atoms with van der Waals surface area (Å²) in [6.45, 7) is 11.6. The lowest BCUT2D eigenvalue weighted by molar-refractivity contribution is -0.895. The third-order valence-corrected chi connectivity index (χ3v) is 7.37. The Kier molecular flexibility index (Phi) is 7.79. The summed E-state index contributed by atoms with van der Waals surface area (Å²) in [4.78, 5) is 25.3. The minimum Gasteiger partial charge on any atom is -0.355 e. The number of amides is 2. The van der Waals surface area contributed by atoms with Crippen molar-refractivity contribution in [1.82, 2.24) is 14.9 Å². The van der Waals surface area contributed by atoms with E-state index in [1.54, 1.807) is 6.92 Å². The van der Waals surface area contributed by atoms with Crippen LogP contribution in [0.3, 0.4) is 0 Å². The molecule has 8 nitrogen and oxygen atoms in total. The van der Waals surface area contributed by atoms with Crippen LogP contribution >= 0.6 is 0 Å². The average Bonchev–Trinajstić information content (AvgIpc) is 2.61. The van der Waals surface area contributed by atoms with Crippen molar-refractivity contribution in [2.45, 2.75) is 45.6 Å². The molecule has 9 heteroatoms. The van der Waals surface area contributed by atoms with Crippen molar-refractivity contribution in [2.24, 2.45) is 0 Å². The standard InChI is InChI=1S/C20H32N4O4S/c1-6-21-20(26)17(5)22-18(25)13-23-7-9-24(10-8-23)29(27,28)19-15(3)11-14(2)12-16(19)4/h11-12,17H,6-10,13H2,1-5H3,(H,21,26)(H,22,25)/p+1/t17-/m1/s1. The minimum atomic E-state index is -3.56. The Bertz CT molecular complexity index is 838. The topological polar surface area (TPSA) is 100 Å². The molecule has 1 aromatic carbocycles. The molecule has 1 heterocycles. The number of carbonyl (C=O) groups is 2. The van der Waals surface area contributed by atoms with E-state index in [4.69, 9.17) is 0 Å². The quantitative estimate of drug-likeness (QED) is 0.529. The first-order chi connectivity index (χ1) is 13.6. The van der Waals surface area contributed by atoms with Crippen molar-refractivity contribution >= 4 is 21.8 Å². The van der Waals surface area contributed by atoms with Crippen LogP contribution in [-0.4, -0.2) is 69.8 Å². The molecule has 0 unspecified atom stereocenters. The van der Waals surface area contributed by atoms with E-state index in [0.29, 0.717) is 37.6 Å². The van der Waals surface area contributed by atoms with Crippen molar-refractivity contribution < 1.29 is 22.9 Å². The lowest BCUT2D eigenvalue weighted by atomic mass is 10.1. The Balaban J connectivity index is 1.95. The van der Waals surface area contributed by atoms with Crippen molar-refractivity contribution in [2.75, 3.05) is 39.3 Å². The van der Waals surface area contributed by atoms with E-state index in [1.807, 2.05) is 39.8 Å². The zero-order chi connectivity index (χ0) is 21.8. The van der Waals surface area contributed by atoms with Crippen LogP contribution in [0.15, 0.2) is 17.0 Å². The number of carbonyl (C=O) groups excluding carboxylic acids is 2. The van der Waals surface area contributed by atoms with Gasteiger partial charge in [0.2, 0.25) is 15.9 Å². The van der Waals surface area contributed by atoms with Crippen LogP contribution in [0.5, 0.6) is 0 Å². The number of nitrogens with one attached hydrogen (secondary N) is 3. The number of benzene rings is 1. The maximum atomic E-state index is 13.1. The van der Waals surface area contributed by atoms with Crippen LogP contribution < -0.4 is 15.5 Å². The van der Waals surface area contributed by atoms with Crippen LogP contribution in [0, 0.1) is 20.8 Å². The fourth-order valence-electron chi connectivity index (χ4n) is 3.83. The summed E-state index contributed by atoms with van der Waals surface area (Å²) in [5.41, 5.74) is 2.56. The van der Waals surface area contributed by atoms with Gasteiger partial charge in [0, 0.05) is 6.54 Å². The molecule has 1 aromatic rings. The molecule has 162 valence electrons. The summed E-state index contributed by atoms with van der Waals surface area (Å²) < 4.78 is 27.8. The van der Waals surface area contributed by atoms with Crippen LogP contribution in [0.25, 0.3) is 0 Å². The molecule has 0 saturated carbocycles. The summed E-state index contributed by atoms with van der Waals surface area (Å²) in [5.74, 6) is -0.420. The van der Waals surface area contributed by atoms with Gasteiger partial charge in [-0.15, -0.1) is 0 Å². The molecule has 1 saturated heterocycles. The van der Waals surface area contributed by atoms with E-state index in [-0.39, 0.29) is 18.4 Å². The molecule has 1 aliphatic rings. The Morgan fingerprint density at radius 2 is 1.69 bits per heavy atom. The van der Waals surface area contributed by atoms with E-state index in [9.17, 15) is 18.0 Å². The smallest absolute Gasteiger partial charge is 0.275 e. The number of rotatable bonds is 7. The molecule has 2 amide bonds. The fraction of sp³-hybridized carbons (Fsp3) is 0.600. The van der Waals surface area contributed by atoms with E-state index in [1.165, 1.54) is 4.31 Å². The lowest BCUT2D eigenvalue weighted by Gasteiger charge is -2.32. The lowest BCUT2D eigenvalue weighted by Crippen LogP contribution is -3.15. The molecule has 0 radical (unpaired) electrons. The maximum absolute atomic E-state index is 13.1. The second kappa shape index (κ2) is 9.69. The molecular formula is C20H33N4O4S+. The molecule has 29 heavy (non-hydrogen) atoms. The zero-order valence-electron chi connectivity index (χ0n) is 18.0. The molecular weight excluding hydrogens is 392 g/mol. The number of hydrogen-bond donors (Lipinski definition) is 3. The van der Waals surface area contributed by atoms with Crippen LogP contribution in [-0.2, 0) is 19.6 Å². The van der Waals surface area contributed by atoms with Crippen molar-refractivity contribution in [3.8, 4) is 0 Å². The van der Waals surface area contributed by atoms with Gasteiger partial charge in [0.25, 0.3) is 5.91 Å². The number of aryl methyl sites for hydroxylation is 3. The second-order valence-electron chi connectivity index (χ2n) is 7.74. The minimum absolute atomic E-state index is 0.208. The number of hydrogen-bond acceptors (Lipinski definition) is 4. The Labute approximate surface area is 173 Å². The Morgan fingerprint density at radius 3 is 2.21 bits per heavy atom. The number of quaternary nitrogens is 1. The molecule has 1 fully saturated rings. The third kappa shape index (κ3) is 5.77. The number of likely N-dealkylation sites (N-methyl/N-ethyl adjacent to an activating group) is 1. The maximum Gasteiger partial charge on any atom is 0.275 e. The van der Waals surface area contributed by atoms with Crippen molar-refractivity contribution in [3.63, 3.8) is 0 Å². The van der Waals surface area contributed by atoms with Crippen LogP contribution in [0.2, 0.25) is 0 Å². The Hall–Kier alpha value is -1.97. The summed E-state index contributed by atoms with van der Waals surface area (Å²) >= 11 is 0. The first-order valence-electron chi connectivity index (χ1n) is 10.0.